The van der Waals surface area contributed by atoms with Gasteiger partial charge in [0.2, 0.25) is 5.91 Å². The van der Waals surface area contributed by atoms with Gasteiger partial charge in [-0.25, -0.2) is 8.78 Å². The van der Waals surface area contributed by atoms with Crippen molar-refractivity contribution in [3.05, 3.63) is 82.9 Å². The number of hydrogen-bond donors (Lipinski definition) is 3. The van der Waals surface area contributed by atoms with Gasteiger partial charge < -0.3 is 15.7 Å². The second-order valence-corrected chi connectivity index (χ2v) is 11.0. The van der Waals surface area contributed by atoms with Crippen LogP contribution in [0.25, 0.3) is 0 Å². The summed E-state index contributed by atoms with van der Waals surface area (Å²) in [6.45, 7) is 8.56. The van der Waals surface area contributed by atoms with Crippen LogP contribution in [0.1, 0.15) is 76.5 Å². The molecule has 0 aromatic heterocycles. The molecule has 2 atom stereocenters. The summed E-state index contributed by atoms with van der Waals surface area (Å²) in [4.78, 5) is 12.3. The van der Waals surface area contributed by atoms with Gasteiger partial charge in [-0.3, -0.25) is 4.79 Å². The minimum Gasteiger partial charge on any atom is -0.390 e. The summed E-state index contributed by atoms with van der Waals surface area (Å²) in [7, 11) is 0. The summed E-state index contributed by atoms with van der Waals surface area (Å²) < 4.78 is 27.6. The Bertz CT molecular complexity index is 1030. The Hall–Kier alpha value is -2.57. The Kier molecular flexibility index (Phi) is 9.42. The molecule has 1 amide bonds. The highest BCUT2D eigenvalue weighted by Gasteiger charge is 2.35. The molecule has 0 bridgehead atoms. The minimum atomic E-state index is -0.963. The van der Waals surface area contributed by atoms with Gasteiger partial charge in [-0.15, -0.1) is 0 Å². The molecule has 0 radical (unpaired) electrons. The number of aliphatic hydroxyl groups excluding tert-OH is 1. The van der Waals surface area contributed by atoms with Crippen molar-refractivity contribution in [2.24, 2.45) is 0 Å². The molecule has 0 heterocycles. The number of nitrogens with one attached hydrogen (secondary N) is 2. The molecule has 2 aromatic carbocycles. The summed E-state index contributed by atoms with van der Waals surface area (Å²) in [6.07, 6.45) is 7.40. The number of hydrogen-bond acceptors (Lipinski definition) is 3. The Morgan fingerprint density at radius 3 is 2.36 bits per heavy atom. The molecule has 2 aromatic rings. The van der Waals surface area contributed by atoms with Gasteiger partial charge in [-0.1, -0.05) is 70.4 Å². The van der Waals surface area contributed by atoms with Crippen molar-refractivity contribution in [3.63, 3.8) is 0 Å². The van der Waals surface area contributed by atoms with E-state index in [4.69, 9.17) is 0 Å². The smallest absolute Gasteiger partial charge is 0.243 e. The molecule has 0 spiro atoms. The zero-order chi connectivity index (χ0) is 26.3. The molecule has 2 unspecified atom stereocenters. The van der Waals surface area contributed by atoms with E-state index >= 15 is 0 Å². The zero-order valence-corrected chi connectivity index (χ0v) is 21.9. The molecular formula is C30H40F2N2O2. The molecule has 0 saturated heterocycles. The van der Waals surface area contributed by atoms with E-state index in [9.17, 15) is 18.7 Å². The van der Waals surface area contributed by atoms with E-state index in [1.807, 2.05) is 0 Å². The highest BCUT2D eigenvalue weighted by Crippen LogP contribution is 2.38. The van der Waals surface area contributed by atoms with Crippen molar-refractivity contribution in [3.8, 4) is 0 Å². The number of amides is 1. The van der Waals surface area contributed by atoms with E-state index in [-0.39, 0.29) is 29.8 Å². The second kappa shape index (κ2) is 12.1. The number of halogens is 2. The van der Waals surface area contributed by atoms with Crippen LogP contribution < -0.4 is 10.6 Å². The van der Waals surface area contributed by atoms with E-state index in [0.717, 1.165) is 31.7 Å². The number of carbonyl (C=O) groups is 1. The first-order valence-electron chi connectivity index (χ1n) is 12.9. The molecule has 3 N–H and O–H groups in total. The third-order valence-electron chi connectivity index (χ3n) is 7.13. The van der Waals surface area contributed by atoms with Crippen molar-refractivity contribution in [1.29, 1.82) is 0 Å². The van der Waals surface area contributed by atoms with Crippen molar-refractivity contribution in [2.45, 2.75) is 89.3 Å². The molecule has 1 aliphatic carbocycles. The molecule has 196 valence electrons. The lowest BCUT2D eigenvalue weighted by Gasteiger charge is -2.41. The highest BCUT2D eigenvalue weighted by atomic mass is 19.1. The lowest BCUT2D eigenvalue weighted by atomic mass is 9.74. The molecule has 1 saturated carbocycles. The van der Waals surface area contributed by atoms with Gasteiger partial charge in [0.25, 0.3) is 0 Å². The van der Waals surface area contributed by atoms with E-state index < -0.39 is 23.8 Å². The van der Waals surface area contributed by atoms with Crippen LogP contribution in [0.3, 0.4) is 0 Å². The normalized spacial score (nSPS) is 17.6. The fourth-order valence-electron chi connectivity index (χ4n) is 5.10. The Labute approximate surface area is 214 Å². The molecule has 0 aliphatic heterocycles. The predicted octanol–water partition coefficient (Wildman–Crippen LogP) is 5.68. The van der Waals surface area contributed by atoms with Crippen LogP contribution >= 0.6 is 0 Å². The molecule has 1 fully saturated rings. The molecule has 6 heteroatoms. The van der Waals surface area contributed by atoms with Crippen molar-refractivity contribution >= 4 is 5.91 Å². The number of aliphatic hydroxyl groups is 1. The lowest BCUT2D eigenvalue weighted by molar-refractivity contribution is -0.118. The van der Waals surface area contributed by atoms with Gasteiger partial charge in [0.05, 0.1) is 12.1 Å². The predicted molar refractivity (Wildman–Crippen MR) is 141 cm³/mol. The van der Waals surface area contributed by atoms with Crippen LogP contribution in [0.2, 0.25) is 0 Å². The fourth-order valence-corrected chi connectivity index (χ4v) is 5.10. The topological polar surface area (TPSA) is 61.4 Å². The van der Waals surface area contributed by atoms with Crippen molar-refractivity contribution in [1.82, 2.24) is 10.6 Å². The van der Waals surface area contributed by atoms with Crippen LogP contribution in [0.5, 0.6) is 0 Å². The van der Waals surface area contributed by atoms with Crippen LogP contribution in [0.15, 0.2) is 54.6 Å². The van der Waals surface area contributed by atoms with Crippen LogP contribution in [-0.4, -0.2) is 29.7 Å². The number of benzene rings is 2. The Morgan fingerprint density at radius 1 is 1.08 bits per heavy atom. The van der Waals surface area contributed by atoms with Crippen LogP contribution in [0, 0.1) is 11.6 Å². The van der Waals surface area contributed by atoms with Gasteiger partial charge in [0.15, 0.2) is 0 Å². The van der Waals surface area contributed by atoms with Crippen LogP contribution in [0.4, 0.5) is 8.78 Å². The SMILES string of the molecule is CC=CC(=O)NC(Cc1cc(F)cc(F)c1)C(O)CNC1(c2cccc(C(C)(C)C)c2)CCCCC1. The average Bonchev–Trinajstić information content (AvgIpc) is 2.82. The Balaban J connectivity index is 1.83. The maximum atomic E-state index is 13.8. The molecule has 4 nitrogen and oxygen atoms in total. The number of rotatable bonds is 9. The van der Waals surface area contributed by atoms with Gasteiger partial charge >= 0.3 is 0 Å². The van der Waals surface area contributed by atoms with Crippen molar-refractivity contribution in [2.75, 3.05) is 6.54 Å². The highest BCUT2D eigenvalue weighted by molar-refractivity contribution is 5.87. The standard InChI is InChI=1S/C30H40F2N2O2/c1-5-10-28(36)34-26(17-21-15-24(31)19-25(32)16-21)27(35)20-33-30(13-7-6-8-14-30)23-12-9-11-22(18-23)29(2,3)4/h5,9-12,15-16,18-19,26-27,33,35H,6-8,13-14,17,20H2,1-4H3,(H,34,36). The van der Waals surface area contributed by atoms with E-state index in [1.54, 1.807) is 13.0 Å². The molecule has 1 aliphatic rings. The van der Waals surface area contributed by atoms with E-state index in [0.29, 0.717) is 5.56 Å². The third-order valence-corrected chi connectivity index (χ3v) is 7.13. The first-order chi connectivity index (χ1) is 17.0. The number of allylic oxidation sites excluding steroid dienone is 1. The summed E-state index contributed by atoms with van der Waals surface area (Å²) >= 11 is 0. The fraction of sp³-hybridized carbons (Fsp3) is 0.500. The zero-order valence-electron chi connectivity index (χ0n) is 21.9. The first kappa shape index (κ1) is 28.0. The summed E-state index contributed by atoms with van der Waals surface area (Å²) in [5, 5.41) is 17.7. The molecule has 36 heavy (non-hydrogen) atoms. The van der Waals surface area contributed by atoms with Gasteiger partial charge in [-0.2, -0.15) is 0 Å². The maximum Gasteiger partial charge on any atom is 0.243 e. The molecule has 3 rings (SSSR count). The van der Waals surface area contributed by atoms with Crippen molar-refractivity contribution < 1.29 is 18.7 Å². The van der Waals surface area contributed by atoms with E-state index in [1.165, 1.54) is 35.8 Å². The quantitative estimate of drug-likeness (QED) is 0.390. The Morgan fingerprint density at radius 2 is 1.75 bits per heavy atom. The summed E-state index contributed by atoms with van der Waals surface area (Å²) in [6, 6.07) is 11.2. The van der Waals surface area contributed by atoms with Gasteiger partial charge in [0.1, 0.15) is 11.6 Å². The summed E-state index contributed by atoms with van der Waals surface area (Å²) in [5.41, 5.74) is 2.60. The van der Waals surface area contributed by atoms with Gasteiger partial charge in [0, 0.05) is 18.2 Å². The maximum absolute atomic E-state index is 13.8. The minimum absolute atomic E-state index is 0.0216. The lowest BCUT2D eigenvalue weighted by Crippen LogP contribution is -2.53. The third kappa shape index (κ3) is 7.47. The van der Waals surface area contributed by atoms with E-state index in [2.05, 4.69) is 55.7 Å². The number of carbonyl (C=O) groups excluding carboxylic acids is 1. The average molecular weight is 499 g/mol. The largest absolute Gasteiger partial charge is 0.390 e. The van der Waals surface area contributed by atoms with Gasteiger partial charge in [-0.05, 0) is 66.5 Å². The summed E-state index contributed by atoms with van der Waals surface area (Å²) in [5.74, 6) is -1.73. The van der Waals surface area contributed by atoms with Crippen LogP contribution in [-0.2, 0) is 22.2 Å². The first-order valence-corrected chi connectivity index (χ1v) is 12.9. The molecular weight excluding hydrogens is 458 g/mol. The monoisotopic (exact) mass is 498 g/mol. The second-order valence-electron chi connectivity index (χ2n) is 11.0.